The molecule has 3 nitrogen and oxygen atoms in total. The smallest absolute Gasteiger partial charge is 0.0912 e. The largest absolute Gasteiger partial charge is 0.309 e. The minimum atomic E-state index is 0.337. The van der Waals surface area contributed by atoms with E-state index in [4.69, 9.17) is 0 Å². The van der Waals surface area contributed by atoms with Crippen molar-refractivity contribution in [2.24, 2.45) is 0 Å². The third kappa shape index (κ3) is 3.10. The van der Waals surface area contributed by atoms with E-state index in [-0.39, 0.29) is 0 Å². The van der Waals surface area contributed by atoms with Crippen LogP contribution in [0.4, 0.5) is 0 Å². The minimum Gasteiger partial charge on any atom is -0.309 e. The van der Waals surface area contributed by atoms with E-state index in [9.17, 15) is 0 Å². The molecule has 0 amide bonds. The summed E-state index contributed by atoms with van der Waals surface area (Å²) in [5.41, 5.74) is 2.48. The van der Waals surface area contributed by atoms with Gasteiger partial charge in [0.2, 0.25) is 0 Å². The van der Waals surface area contributed by atoms with Crippen molar-refractivity contribution < 1.29 is 0 Å². The van der Waals surface area contributed by atoms with Crippen molar-refractivity contribution >= 4 is 23.1 Å². The van der Waals surface area contributed by atoms with E-state index in [1.165, 1.54) is 17.3 Å². The molecule has 2 aromatic heterocycles. The summed E-state index contributed by atoms with van der Waals surface area (Å²) in [5, 5.41) is 7.79. The first-order chi connectivity index (χ1) is 7.90. The third-order valence-electron chi connectivity index (χ3n) is 2.49. The number of nitrogens with zero attached hydrogens (tertiary/aromatic N) is 2. The number of thiophene rings is 1. The minimum absolute atomic E-state index is 0.337. The standard InChI is InChI=1S/C11H15N3S2/c1-2-12-10(11-7-13-16-14-11)4-3-9-5-6-15-8-9/h5-8,10,12H,2-4H2,1H3. The molecule has 5 heteroatoms. The molecule has 86 valence electrons. The molecule has 1 unspecified atom stereocenters. The SMILES string of the molecule is CCNC(CCc1ccsc1)c1cnsn1. The maximum absolute atomic E-state index is 4.31. The highest BCUT2D eigenvalue weighted by Gasteiger charge is 2.12. The second-order valence-electron chi connectivity index (χ2n) is 3.61. The summed E-state index contributed by atoms with van der Waals surface area (Å²) >= 11 is 3.03. The van der Waals surface area contributed by atoms with Crippen LogP contribution in [-0.4, -0.2) is 15.3 Å². The average Bonchev–Trinajstić information content (AvgIpc) is 2.96. The lowest BCUT2D eigenvalue weighted by atomic mass is 10.1. The van der Waals surface area contributed by atoms with Crippen molar-refractivity contribution in [3.63, 3.8) is 0 Å². The van der Waals surface area contributed by atoms with Crippen LogP contribution >= 0.6 is 23.1 Å². The lowest BCUT2D eigenvalue weighted by Gasteiger charge is -2.14. The van der Waals surface area contributed by atoms with Gasteiger partial charge in [0, 0.05) is 0 Å². The fourth-order valence-electron chi connectivity index (χ4n) is 1.67. The maximum Gasteiger partial charge on any atom is 0.0912 e. The quantitative estimate of drug-likeness (QED) is 0.860. The van der Waals surface area contributed by atoms with E-state index in [2.05, 4.69) is 37.8 Å². The van der Waals surface area contributed by atoms with Crippen molar-refractivity contribution in [1.82, 2.24) is 14.1 Å². The summed E-state index contributed by atoms with van der Waals surface area (Å²) in [6.07, 6.45) is 4.04. The second-order valence-corrected chi connectivity index (χ2v) is 4.95. The van der Waals surface area contributed by atoms with Crippen LogP contribution < -0.4 is 5.32 Å². The molecule has 0 aliphatic rings. The molecule has 0 fully saturated rings. The molecule has 0 aliphatic carbocycles. The number of hydrogen-bond acceptors (Lipinski definition) is 5. The second kappa shape index (κ2) is 6.08. The Balaban J connectivity index is 1.93. The topological polar surface area (TPSA) is 37.8 Å². The van der Waals surface area contributed by atoms with Gasteiger partial charge in [0.1, 0.15) is 0 Å². The zero-order valence-corrected chi connectivity index (χ0v) is 10.9. The van der Waals surface area contributed by atoms with Crippen LogP contribution in [0.2, 0.25) is 0 Å². The fourth-order valence-corrected chi connectivity index (χ4v) is 2.85. The van der Waals surface area contributed by atoms with Crippen LogP contribution in [0.15, 0.2) is 23.0 Å². The summed E-state index contributed by atoms with van der Waals surface area (Å²) in [5.74, 6) is 0. The Morgan fingerprint density at radius 1 is 1.50 bits per heavy atom. The molecule has 0 spiro atoms. The number of aryl methyl sites for hydroxylation is 1. The maximum atomic E-state index is 4.31. The molecule has 0 saturated carbocycles. The molecule has 0 aliphatic heterocycles. The molecule has 0 saturated heterocycles. The Morgan fingerprint density at radius 3 is 3.06 bits per heavy atom. The van der Waals surface area contributed by atoms with Gasteiger partial charge in [-0.3, -0.25) is 0 Å². The van der Waals surface area contributed by atoms with Gasteiger partial charge in [0.05, 0.1) is 29.7 Å². The number of rotatable bonds is 6. The van der Waals surface area contributed by atoms with Gasteiger partial charge in [0.15, 0.2) is 0 Å². The van der Waals surface area contributed by atoms with Gasteiger partial charge < -0.3 is 5.32 Å². The normalized spacial score (nSPS) is 12.8. The predicted molar refractivity (Wildman–Crippen MR) is 69.0 cm³/mol. The Kier molecular flexibility index (Phi) is 4.44. The van der Waals surface area contributed by atoms with Gasteiger partial charge >= 0.3 is 0 Å². The zero-order chi connectivity index (χ0) is 11.2. The van der Waals surface area contributed by atoms with Gasteiger partial charge in [-0.2, -0.15) is 20.1 Å². The van der Waals surface area contributed by atoms with E-state index < -0.39 is 0 Å². The van der Waals surface area contributed by atoms with E-state index in [1.54, 1.807) is 11.3 Å². The molecule has 1 N–H and O–H groups in total. The van der Waals surface area contributed by atoms with E-state index >= 15 is 0 Å². The molecule has 2 rings (SSSR count). The summed E-state index contributed by atoms with van der Waals surface area (Å²) in [6.45, 7) is 3.09. The zero-order valence-electron chi connectivity index (χ0n) is 9.22. The van der Waals surface area contributed by atoms with Crippen LogP contribution in [-0.2, 0) is 6.42 Å². The third-order valence-corrected chi connectivity index (χ3v) is 3.71. The van der Waals surface area contributed by atoms with Gasteiger partial charge in [-0.25, -0.2) is 0 Å². The molecular formula is C11H15N3S2. The molecule has 0 radical (unpaired) electrons. The lowest BCUT2D eigenvalue weighted by Crippen LogP contribution is -2.21. The van der Waals surface area contributed by atoms with Crippen molar-refractivity contribution in [1.29, 1.82) is 0 Å². The highest BCUT2D eigenvalue weighted by molar-refractivity contribution is 7.07. The van der Waals surface area contributed by atoms with Gasteiger partial charge in [-0.1, -0.05) is 6.92 Å². The summed E-state index contributed by atoms with van der Waals surface area (Å²) in [6, 6.07) is 2.52. The molecule has 2 heterocycles. The average molecular weight is 253 g/mol. The number of aromatic nitrogens is 2. The molecule has 0 aromatic carbocycles. The van der Waals surface area contributed by atoms with Crippen LogP contribution in [0.1, 0.15) is 30.6 Å². The fraction of sp³-hybridized carbons (Fsp3) is 0.455. The Bertz CT molecular complexity index is 383. The summed E-state index contributed by atoms with van der Waals surface area (Å²) < 4.78 is 8.37. The van der Waals surface area contributed by atoms with Crippen molar-refractivity contribution in [2.45, 2.75) is 25.8 Å². The summed E-state index contributed by atoms with van der Waals surface area (Å²) in [7, 11) is 0. The van der Waals surface area contributed by atoms with E-state index in [0.29, 0.717) is 6.04 Å². The number of nitrogens with one attached hydrogen (secondary N) is 1. The predicted octanol–water partition coefficient (Wildman–Crippen LogP) is 2.88. The summed E-state index contributed by atoms with van der Waals surface area (Å²) in [4.78, 5) is 0. The highest BCUT2D eigenvalue weighted by atomic mass is 32.1. The first-order valence-electron chi connectivity index (χ1n) is 5.42. The van der Waals surface area contributed by atoms with Crippen molar-refractivity contribution in [3.8, 4) is 0 Å². The van der Waals surface area contributed by atoms with Gasteiger partial charge in [-0.05, 0) is 41.8 Å². The number of hydrogen-bond donors (Lipinski definition) is 1. The Morgan fingerprint density at radius 2 is 2.44 bits per heavy atom. The molecule has 0 bridgehead atoms. The molecule has 16 heavy (non-hydrogen) atoms. The first-order valence-corrected chi connectivity index (χ1v) is 7.09. The molecule has 2 aromatic rings. The van der Waals surface area contributed by atoms with Crippen LogP contribution in [0.5, 0.6) is 0 Å². The van der Waals surface area contributed by atoms with E-state index in [0.717, 1.165) is 25.1 Å². The lowest BCUT2D eigenvalue weighted by molar-refractivity contribution is 0.507. The van der Waals surface area contributed by atoms with E-state index in [1.807, 2.05) is 6.20 Å². The monoisotopic (exact) mass is 253 g/mol. The first kappa shape index (κ1) is 11.7. The van der Waals surface area contributed by atoms with Crippen LogP contribution in [0, 0.1) is 0 Å². The molecule has 1 atom stereocenters. The Hall–Kier alpha value is -0.780. The van der Waals surface area contributed by atoms with Gasteiger partial charge in [0.25, 0.3) is 0 Å². The molecular weight excluding hydrogens is 238 g/mol. The van der Waals surface area contributed by atoms with Crippen molar-refractivity contribution in [2.75, 3.05) is 6.54 Å². The Labute approximate surface area is 104 Å². The van der Waals surface area contributed by atoms with Crippen LogP contribution in [0.25, 0.3) is 0 Å². The van der Waals surface area contributed by atoms with Crippen molar-refractivity contribution in [3.05, 3.63) is 34.3 Å². The highest BCUT2D eigenvalue weighted by Crippen LogP contribution is 2.18. The van der Waals surface area contributed by atoms with Gasteiger partial charge in [-0.15, -0.1) is 0 Å². The van der Waals surface area contributed by atoms with Crippen LogP contribution in [0.3, 0.4) is 0 Å².